The highest BCUT2D eigenvalue weighted by molar-refractivity contribution is 5.95. The summed E-state index contributed by atoms with van der Waals surface area (Å²) in [6.07, 6.45) is 5.04. The molecule has 1 heterocycles. The number of carbonyl (C=O) groups is 2. The van der Waals surface area contributed by atoms with Crippen LogP contribution in [0.4, 0.5) is 4.79 Å². The number of fused-ring (bicyclic) bond motifs is 3. The number of carboxylic acid groups (broad SMARTS) is 1. The fourth-order valence-electron chi connectivity index (χ4n) is 5.38. The average Bonchev–Trinajstić information content (AvgIpc) is 3.20. The summed E-state index contributed by atoms with van der Waals surface area (Å²) in [4.78, 5) is 27.5. The van der Waals surface area contributed by atoms with Crippen molar-refractivity contribution >= 4 is 11.9 Å². The molecule has 1 aliphatic heterocycles. The summed E-state index contributed by atoms with van der Waals surface area (Å²) in [5.74, 6) is 0.787. The molecule has 1 fully saturated rings. The number of rotatable bonds is 8. The molecule has 0 saturated carbocycles. The Morgan fingerprint density at radius 1 is 1.06 bits per heavy atom. The van der Waals surface area contributed by atoms with Gasteiger partial charge in [0.2, 0.25) is 0 Å². The van der Waals surface area contributed by atoms with Gasteiger partial charge in [-0.25, -0.2) is 4.79 Å². The van der Waals surface area contributed by atoms with E-state index in [4.69, 9.17) is 0 Å². The second kappa shape index (κ2) is 9.65. The van der Waals surface area contributed by atoms with E-state index in [1.807, 2.05) is 30.3 Å². The first-order chi connectivity index (χ1) is 15.0. The quantitative estimate of drug-likeness (QED) is 0.485. The standard InChI is InChI=1S/C26H32N2O3/c1-27(26(30)31)18-20-10-7-11-22-21(20)13-14-24-23(22)15-17-28(24)16-6-5-12-25(29)19-8-3-2-4-9-19/h2-4,7-11,23-24H,5-6,12-18H2,1H3,(H,30,31)/t23-,24+/m1/s1. The molecule has 0 bridgehead atoms. The van der Waals surface area contributed by atoms with Crippen molar-refractivity contribution < 1.29 is 14.7 Å². The summed E-state index contributed by atoms with van der Waals surface area (Å²) in [5.41, 5.74) is 4.76. The molecule has 0 spiro atoms. The molecule has 5 heteroatoms. The van der Waals surface area contributed by atoms with Crippen LogP contribution in [0.2, 0.25) is 0 Å². The second-order valence-corrected chi connectivity index (χ2v) is 8.91. The zero-order valence-electron chi connectivity index (χ0n) is 18.3. The van der Waals surface area contributed by atoms with Gasteiger partial charge in [-0.3, -0.25) is 9.69 Å². The Morgan fingerprint density at radius 2 is 1.87 bits per heavy atom. The van der Waals surface area contributed by atoms with Crippen LogP contribution in [0, 0.1) is 0 Å². The van der Waals surface area contributed by atoms with Crippen LogP contribution in [0.25, 0.3) is 0 Å². The number of nitrogens with zero attached hydrogens (tertiary/aromatic N) is 2. The third kappa shape index (κ3) is 4.82. The Morgan fingerprint density at radius 3 is 2.65 bits per heavy atom. The largest absolute Gasteiger partial charge is 0.465 e. The van der Waals surface area contributed by atoms with Gasteiger partial charge < -0.3 is 10.0 Å². The van der Waals surface area contributed by atoms with E-state index < -0.39 is 6.09 Å². The van der Waals surface area contributed by atoms with Gasteiger partial charge in [-0.2, -0.15) is 0 Å². The molecule has 1 amide bonds. The Balaban J connectivity index is 1.32. The first kappa shape index (κ1) is 21.6. The van der Waals surface area contributed by atoms with E-state index in [1.54, 1.807) is 7.05 Å². The number of Topliss-reactive ketones (excluding diaryl/α,β-unsaturated/α-hetero) is 1. The van der Waals surface area contributed by atoms with Crippen molar-refractivity contribution in [2.45, 2.75) is 57.0 Å². The van der Waals surface area contributed by atoms with Gasteiger partial charge in [0.25, 0.3) is 0 Å². The molecule has 2 aromatic carbocycles. The van der Waals surface area contributed by atoms with E-state index in [9.17, 15) is 14.7 Å². The van der Waals surface area contributed by atoms with Crippen LogP contribution in [0.1, 0.15) is 65.1 Å². The molecule has 1 N–H and O–H groups in total. The molecule has 1 saturated heterocycles. The van der Waals surface area contributed by atoms with Gasteiger partial charge >= 0.3 is 6.09 Å². The molecular weight excluding hydrogens is 388 g/mol. The summed E-state index contributed by atoms with van der Waals surface area (Å²) < 4.78 is 0. The highest BCUT2D eigenvalue weighted by Gasteiger charge is 2.38. The summed E-state index contributed by atoms with van der Waals surface area (Å²) >= 11 is 0. The first-order valence-electron chi connectivity index (χ1n) is 11.4. The van der Waals surface area contributed by atoms with Crippen molar-refractivity contribution in [2.75, 3.05) is 20.1 Å². The molecule has 164 valence electrons. The van der Waals surface area contributed by atoms with Crippen LogP contribution in [-0.2, 0) is 13.0 Å². The van der Waals surface area contributed by atoms with Crippen LogP contribution in [0.15, 0.2) is 48.5 Å². The van der Waals surface area contributed by atoms with Crippen LogP contribution in [0.5, 0.6) is 0 Å². The van der Waals surface area contributed by atoms with Crippen molar-refractivity contribution in [3.63, 3.8) is 0 Å². The van der Waals surface area contributed by atoms with E-state index in [0.29, 0.717) is 24.9 Å². The highest BCUT2D eigenvalue weighted by Crippen LogP contribution is 2.42. The number of ketones is 1. The molecule has 1 aliphatic carbocycles. The highest BCUT2D eigenvalue weighted by atomic mass is 16.4. The molecule has 4 rings (SSSR count). The number of likely N-dealkylation sites (tertiary alicyclic amines) is 1. The smallest absolute Gasteiger partial charge is 0.407 e. The van der Waals surface area contributed by atoms with E-state index in [1.165, 1.54) is 22.4 Å². The lowest BCUT2D eigenvalue weighted by molar-refractivity contribution is 0.0977. The normalized spacial score (nSPS) is 20.2. The number of amides is 1. The maximum absolute atomic E-state index is 12.3. The number of unbranched alkanes of at least 4 members (excludes halogenated alkanes) is 1. The summed E-state index contributed by atoms with van der Waals surface area (Å²) in [6.45, 7) is 2.62. The molecule has 0 unspecified atom stereocenters. The lowest BCUT2D eigenvalue weighted by atomic mass is 9.77. The van der Waals surface area contributed by atoms with E-state index in [0.717, 1.165) is 49.9 Å². The predicted molar refractivity (Wildman–Crippen MR) is 122 cm³/mol. The number of carbonyl (C=O) groups excluding carboxylic acids is 1. The predicted octanol–water partition coefficient (Wildman–Crippen LogP) is 4.95. The fourth-order valence-corrected chi connectivity index (χ4v) is 5.38. The minimum atomic E-state index is -0.885. The lowest BCUT2D eigenvalue weighted by Gasteiger charge is -2.34. The van der Waals surface area contributed by atoms with Crippen LogP contribution in [0.3, 0.4) is 0 Å². The van der Waals surface area contributed by atoms with Crippen molar-refractivity contribution in [3.05, 3.63) is 70.8 Å². The number of hydrogen-bond acceptors (Lipinski definition) is 3. The Bertz CT molecular complexity index is 928. The average molecular weight is 421 g/mol. The van der Waals surface area contributed by atoms with E-state index in [2.05, 4.69) is 23.1 Å². The maximum Gasteiger partial charge on any atom is 0.407 e. The third-order valence-corrected chi connectivity index (χ3v) is 6.99. The van der Waals surface area contributed by atoms with Gasteiger partial charge in [0.05, 0.1) is 0 Å². The van der Waals surface area contributed by atoms with Crippen molar-refractivity contribution in [1.29, 1.82) is 0 Å². The zero-order chi connectivity index (χ0) is 21.8. The van der Waals surface area contributed by atoms with Gasteiger partial charge in [0, 0.05) is 37.5 Å². The van der Waals surface area contributed by atoms with Crippen molar-refractivity contribution in [3.8, 4) is 0 Å². The van der Waals surface area contributed by atoms with Gasteiger partial charge in [0.15, 0.2) is 5.78 Å². The molecule has 2 aliphatic rings. The fraction of sp³-hybridized carbons (Fsp3) is 0.462. The summed E-state index contributed by atoms with van der Waals surface area (Å²) in [7, 11) is 1.63. The minimum absolute atomic E-state index is 0.241. The molecule has 2 atom stereocenters. The zero-order valence-corrected chi connectivity index (χ0v) is 18.3. The lowest BCUT2D eigenvalue weighted by Crippen LogP contribution is -2.36. The molecule has 5 nitrogen and oxygen atoms in total. The van der Waals surface area contributed by atoms with Crippen LogP contribution >= 0.6 is 0 Å². The molecular formula is C26H32N2O3. The Kier molecular flexibility index (Phi) is 6.71. The molecule has 0 radical (unpaired) electrons. The summed E-state index contributed by atoms with van der Waals surface area (Å²) in [6, 6.07) is 16.6. The van der Waals surface area contributed by atoms with Gasteiger partial charge in [-0.15, -0.1) is 0 Å². The second-order valence-electron chi connectivity index (χ2n) is 8.91. The maximum atomic E-state index is 12.3. The number of hydrogen-bond donors (Lipinski definition) is 1. The summed E-state index contributed by atoms with van der Waals surface area (Å²) in [5, 5.41) is 9.23. The number of benzene rings is 2. The molecule has 2 aromatic rings. The van der Waals surface area contributed by atoms with E-state index in [-0.39, 0.29) is 5.78 Å². The van der Waals surface area contributed by atoms with E-state index >= 15 is 0 Å². The first-order valence-corrected chi connectivity index (χ1v) is 11.4. The van der Waals surface area contributed by atoms with Crippen LogP contribution < -0.4 is 0 Å². The molecule has 0 aromatic heterocycles. The SMILES string of the molecule is CN(Cc1cccc2c1CC[C@H]1[C@@H]2CCN1CCCCC(=O)c1ccccc1)C(=O)O. The topological polar surface area (TPSA) is 60.9 Å². The van der Waals surface area contributed by atoms with Crippen molar-refractivity contribution in [1.82, 2.24) is 9.80 Å². The van der Waals surface area contributed by atoms with Crippen molar-refractivity contribution in [2.24, 2.45) is 0 Å². The third-order valence-electron chi connectivity index (χ3n) is 6.99. The Labute approximate surface area is 184 Å². The van der Waals surface area contributed by atoms with Gasteiger partial charge in [-0.1, -0.05) is 48.5 Å². The Hall–Kier alpha value is -2.66. The van der Waals surface area contributed by atoms with Crippen LogP contribution in [-0.4, -0.2) is 53.0 Å². The molecule has 31 heavy (non-hydrogen) atoms. The minimum Gasteiger partial charge on any atom is -0.465 e. The van der Waals surface area contributed by atoms with Gasteiger partial charge in [-0.05, 0) is 61.9 Å². The monoisotopic (exact) mass is 420 g/mol. The van der Waals surface area contributed by atoms with Gasteiger partial charge in [0.1, 0.15) is 0 Å².